The summed E-state index contributed by atoms with van der Waals surface area (Å²) in [5, 5.41) is 5.98. The first-order valence-electron chi connectivity index (χ1n) is 5.56. The highest BCUT2D eigenvalue weighted by Crippen LogP contribution is 2.34. The fraction of sp³-hybridized carbons (Fsp3) is 0.308. The Bertz CT molecular complexity index is 524. The van der Waals surface area contributed by atoms with Crippen LogP contribution in [-0.4, -0.2) is 19.2 Å². The number of terminal acetylenes is 1. The summed E-state index contributed by atoms with van der Waals surface area (Å²) in [6.45, 7) is 2.59. The zero-order valence-corrected chi connectivity index (χ0v) is 10.7. The van der Waals surface area contributed by atoms with Gasteiger partial charge in [-0.2, -0.15) is 0 Å². The maximum Gasteiger partial charge on any atom is 0.320 e. The number of anilines is 1. The van der Waals surface area contributed by atoms with Gasteiger partial charge in [0.25, 0.3) is 0 Å². The predicted octanol–water partition coefficient (Wildman–Crippen LogP) is 2.34. The van der Waals surface area contributed by atoms with Crippen LogP contribution in [0.4, 0.5) is 10.5 Å². The second kappa shape index (κ2) is 4.89. The van der Waals surface area contributed by atoms with Crippen LogP contribution < -0.4 is 10.6 Å². The summed E-state index contributed by atoms with van der Waals surface area (Å²) in [7, 11) is 0. The number of amides is 2. The zero-order chi connectivity index (χ0) is 13.2. The van der Waals surface area contributed by atoms with Gasteiger partial charge in [0.2, 0.25) is 0 Å². The Morgan fingerprint density at radius 2 is 2.33 bits per heavy atom. The van der Waals surface area contributed by atoms with Crippen molar-refractivity contribution in [2.24, 2.45) is 0 Å². The summed E-state index contributed by atoms with van der Waals surface area (Å²) in [4.78, 5) is 11.6. The lowest BCUT2D eigenvalue weighted by Crippen LogP contribution is -2.53. The maximum absolute atomic E-state index is 11.6. The highest BCUT2D eigenvalue weighted by Gasteiger charge is 2.38. The number of hydrogen-bond donors (Lipinski definition) is 2. The van der Waals surface area contributed by atoms with E-state index in [0.29, 0.717) is 17.3 Å². The van der Waals surface area contributed by atoms with Crippen LogP contribution in [0.15, 0.2) is 18.2 Å². The van der Waals surface area contributed by atoms with E-state index < -0.39 is 5.54 Å². The molecular weight excluding hydrogens is 252 g/mol. The molecule has 1 aromatic rings. The molecule has 0 saturated heterocycles. The third kappa shape index (κ3) is 2.15. The smallest absolute Gasteiger partial charge is 0.320 e. The quantitative estimate of drug-likeness (QED) is 0.824. The first kappa shape index (κ1) is 12.7. The van der Waals surface area contributed by atoms with Gasteiger partial charge >= 0.3 is 6.03 Å². The van der Waals surface area contributed by atoms with E-state index >= 15 is 0 Å². The third-order valence-electron chi connectivity index (χ3n) is 2.79. The fourth-order valence-electron chi connectivity index (χ4n) is 1.92. The number of nitrogens with one attached hydrogen (secondary N) is 2. The van der Waals surface area contributed by atoms with Crippen LogP contribution in [0, 0.1) is 12.3 Å². The van der Waals surface area contributed by atoms with Gasteiger partial charge in [-0.05, 0) is 25.1 Å². The Labute approximate surface area is 111 Å². The van der Waals surface area contributed by atoms with Crippen molar-refractivity contribution in [1.82, 2.24) is 5.32 Å². The number of halogens is 1. The Hall–Kier alpha value is -1.70. The first-order valence-corrected chi connectivity index (χ1v) is 5.94. The number of fused-ring (bicyclic) bond motifs is 1. The lowest BCUT2D eigenvalue weighted by Gasteiger charge is -2.35. The molecule has 1 aliphatic heterocycles. The molecule has 1 unspecified atom stereocenters. The molecule has 0 spiro atoms. The minimum absolute atomic E-state index is 0.209. The molecular formula is C13H13ClN2O2. The standard InChI is InChI=1S/C13H13ClN2O2/c1-3-13(8-18-4-2)10-7-9(14)5-6-11(10)15-12(17)16-13/h1,5-7H,4,8H2,2H3,(H2,15,16,17). The highest BCUT2D eigenvalue weighted by atomic mass is 35.5. The van der Waals surface area contributed by atoms with Gasteiger partial charge < -0.3 is 15.4 Å². The average Bonchev–Trinajstić information content (AvgIpc) is 2.36. The fourth-order valence-corrected chi connectivity index (χ4v) is 2.09. The molecule has 2 amide bonds. The van der Waals surface area contributed by atoms with Gasteiger partial charge in [-0.3, -0.25) is 0 Å². The number of urea groups is 1. The van der Waals surface area contributed by atoms with Crippen LogP contribution in [0.25, 0.3) is 0 Å². The SMILES string of the molecule is C#CC1(COCC)NC(=O)Nc2ccc(Cl)cc21. The van der Waals surface area contributed by atoms with Gasteiger partial charge in [0.1, 0.15) is 0 Å². The number of benzene rings is 1. The van der Waals surface area contributed by atoms with Gasteiger partial charge in [-0.25, -0.2) is 4.79 Å². The van der Waals surface area contributed by atoms with Gasteiger partial charge in [-0.15, -0.1) is 6.42 Å². The molecule has 94 valence electrons. The van der Waals surface area contributed by atoms with E-state index in [2.05, 4.69) is 16.6 Å². The van der Waals surface area contributed by atoms with Crippen LogP contribution in [0.1, 0.15) is 12.5 Å². The van der Waals surface area contributed by atoms with E-state index in [9.17, 15) is 4.79 Å². The Morgan fingerprint density at radius 3 is 3.00 bits per heavy atom. The van der Waals surface area contributed by atoms with Crippen molar-refractivity contribution in [2.45, 2.75) is 12.5 Å². The van der Waals surface area contributed by atoms with Crippen LogP contribution in [0.2, 0.25) is 5.02 Å². The zero-order valence-electron chi connectivity index (χ0n) is 9.92. The lowest BCUT2D eigenvalue weighted by molar-refractivity contribution is 0.102. The van der Waals surface area contributed by atoms with Gasteiger partial charge in [0.05, 0.1) is 6.61 Å². The largest absolute Gasteiger partial charge is 0.378 e. The summed E-state index contributed by atoms with van der Waals surface area (Å²) in [5.74, 6) is 2.61. The monoisotopic (exact) mass is 264 g/mol. The molecule has 18 heavy (non-hydrogen) atoms. The maximum atomic E-state index is 11.6. The number of ether oxygens (including phenoxy) is 1. The van der Waals surface area contributed by atoms with E-state index in [-0.39, 0.29) is 12.6 Å². The summed E-state index contributed by atoms with van der Waals surface area (Å²) >= 11 is 5.98. The molecule has 0 aromatic heterocycles. The molecule has 1 atom stereocenters. The minimum Gasteiger partial charge on any atom is -0.378 e. The van der Waals surface area contributed by atoms with E-state index in [1.807, 2.05) is 6.92 Å². The highest BCUT2D eigenvalue weighted by molar-refractivity contribution is 6.30. The van der Waals surface area contributed by atoms with E-state index in [1.165, 1.54) is 0 Å². The van der Waals surface area contributed by atoms with E-state index in [0.717, 1.165) is 5.56 Å². The molecule has 0 bridgehead atoms. The number of carbonyl (C=O) groups excluding carboxylic acids is 1. The lowest BCUT2D eigenvalue weighted by atomic mass is 9.88. The van der Waals surface area contributed by atoms with Crippen molar-refractivity contribution in [2.75, 3.05) is 18.5 Å². The van der Waals surface area contributed by atoms with Crippen molar-refractivity contribution in [3.05, 3.63) is 28.8 Å². The Balaban J connectivity index is 2.51. The van der Waals surface area contributed by atoms with Crippen molar-refractivity contribution in [3.8, 4) is 12.3 Å². The second-order valence-electron chi connectivity index (χ2n) is 3.96. The second-order valence-corrected chi connectivity index (χ2v) is 4.39. The summed E-state index contributed by atoms with van der Waals surface area (Å²) in [6, 6.07) is 4.83. The molecule has 0 radical (unpaired) electrons. The minimum atomic E-state index is -0.974. The normalized spacial score (nSPS) is 21.5. The summed E-state index contributed by atoms with van der Waals surface area (Å²) < 4.78 is 5.38. The third-order valence-corrected chi connectivity index (χ3v) is 3.02. The van der Waals surface area contributed by atoms with Crippen LogP contribution in [0.3, 0.4) is 0 Å². The molecule has 0 saturated carbocycles. The van der Waals surface area contributed by atoms with Crippen molar-refractivity contribution in [3.63, 3.8) is 0 Å². The van der Waals surface area contributed by atoms with E-state index in [1.54, 1.807) is 18.2 Å². The van der Waals surface area contributed by atoms with Crippen LogP contribution in [-0.2, 0) is 10.3 Å². The Morgan fingerprint density at radius 1 is 1.56 bits per heavy atom. The number of carbonyl (C=O) groups is 1. The molecule has 1 aromatic carbocycles. The van der Waals surface area contributed by atoms with Crippen LogP contribution in [0.5, 0.6) is 0 Å². The molecule has 2 rings (SSSR count). The first-order chi connectivity index (χ1) is 8.61. The van der Waals surface area contributed by atoms with E-state index in [4.69, 9.17) is 22.8 Å². The number of hydrogen-bond acceptors (Lipinski definition) is 2. The van der Waals surface area contributed by atoms with Gasteiger partial charge in [-0.1, -0.05) is 17.5 Å². The molecule has 0 aliphatic carbocycles. The van der Waals surface area contributed by atoms with Gasteiger partial charge in [0.15, 0.2) is 5.54 Å². The summed E-state index contributed by atoms with van der Waals surface area (Å²) in [6.07, 6.45) is 5.59. The molecule has 2 N–H and O–H groups in total. The van der Waals surface area contributed by atoms with Crippen LogP contribution >= 0.6 is 11.6 Å². The predicted molar refractivity (Wildman–Crippen MR) is 70.6 cm³/mol. The molecule has 5 heteroatoms. The van der Waals surface area contributed by atoms with Crippen molar-refractivity contribution in [1.29, 1.82) is 0 Å². The molecule has 0 fully saturated rings. The van der Waals surface area contributed by atoms with Crippen molar-refractivity contribution < 1.29 is 9.53 Å². The van der Waals surface area contributed by atoms with Gasteiger partial charge in [0, 0.05) is 22.9 Å². The van der Waals surface area contributed by atoms with Crippen molar-refractivity contribution >= 4 is 23.3 Å². The topological polar surface area (TPSA) is 50.4 Å². The summed E-state index contributed by atoms with van der Waals surface area (Å²) in [5.41, 5.74) is 0.421. The number of rotatable bonds is 3. The average molecular weight is 265 g/mol. The Kier molecular flexibility index (Phi) is 3.46. The molecule has 4 nitrogen and oxygen atoms in total. The molecule has 1 heterocycles. The molecule has 1 aliphatic rings.